The smallest absolute Gasteiger partial charge is 0.184 e. The summed E-state index contributed by atoms with van der Waals surface area (Å²) < 4.78 is 24.6. The van der Waals surface area contributed by atoms with Crippen LogP contribution in [0.25, 0.3) is 0 Å². The molecule has 2 rings (SSSR count). The lowest BCUT2D eigenvalue weighted by Gasteiger charge is -2.30. The monoisotopic (exact) mass is 269 g/mol. The number of anilines is 1. The number of nitrogens with zero attached hydrogens (tertiary/aromatic N) is 2. The summed E-state index contributed by atoms with van der Waals surface area (Å²) in [6.07, 6.45) is 1.65. The van der Waals surface area contributed by atoms with Crippen molar-refractivity contribution in [3.8, 4) is 0 Å². The van der Waals surface area contributed by atoms with Gasteiger partial charge >= 0.3 is 0 Å². The molecule has 18 heavy (non-hydrogen) atoms. The van der Waals surface area contributed by atoms with Crippen LogP contribution in [0.1, 0.15) is 13.8 Å². The van der Waals surface area contributed by atoms with Gasteiger partial charge in [0.05, 0.1) is 5.25 Å². The fourth-order valence-corrected chi connectivity index (χ4v) is 3.18. The van der Waals surface area contributed by atoms with Gasteiger partial charge in [-0.3, -0.25) is 0 Å². The van der Waals surface area contributed by atoms with Crippen LogP contribution in [-0.4, -0.2) is 44.8 Å². The molecule has 0 bridgehead atoms. The molecule has 0 aromatic carbocycles. The molecular formula is C12H19N3O2S. The molecular weight excluding hydrogens is 250 g/mol. The summed E-state index contributed by atoms with van der Waals surface area (Å²) in [5, 5.41) is 2.82. The Kier molecular flexibility index (Phi) is 3.87. The number of hydrogen-bond acceptors (Lipinski definition) is 5. The van der Waals surface area contributed by atoms with E-state index in [1.807, 2.05) is 4.90 Å². The quantitative estimate of drug-likeness (QED) is 0.874. The van der Waals surface area contributed by atoms with Gasteiger partial charge in [-0.05, 0) is 26.0 Å². The van der Waals surface area contributed by atoms with E-state index in [0.29, 0.717) is 10.7 Å². The van der Waals surface area contributed by atoms with Crippen molar-refractivity contribution in [2.45, 2.75) is 24.0 Å². The lowest BCUT2D eigenvalue weighted by Crippen LogP contribution is -2.44. The van der Waals surface area contributed by atoms with Crippen LogP contribution in [0.2, 0.25) is 0 Å². The predicted molar refractivity (Wildman–Crippen MR) is 71.6 cm³/mol. The minimum atomic E-state index is -3.28. The molecule has 0 saturated carbocycles. The third-order valence-electron chi connectivity index (χ3n) is 3.09. The molecule has 0 radical (unpaired) electrons. The summed E-state index contributed by atoms with van der Waals surface area (Å²) in [6, 6.07) is 3.33. The second-order valence-electron chi connectivity index (χ2n) is 4.66. The van der Waals surface area contributed by atoms with Crippen molar-refractivity contribution in [1.29, 1.82) is 0 Å². The Bertz CT molecular complexity index is 508. The third-order valence-corrected chi connectivity index (χ3v) is 5.27. The molecule has 1 aromatic rings. The molecule has 0 aliphatic carbocycles. The number of pyridine rings is 1. The number of nitrogens with one attached hydrogen (secondary N) is 1. The highest BCUT2D eigenvalue weighted by molar-refractivity contribution is 7.92. The molecule has 0 spiro atoms. The summed E-state index contributed by atoms with van der Waals surface area (Å²) in [5.41, 5.74) is 0. The molecule has 2 heterocycles. The number of aromatic nitrogens is 1. The first-order valence-electron chi connectivity index (χ1n) is 6.18. The minimum absolute atomic E-state index is 0.349. The molecule has 1 saturated heterocycles. The second kappa shape index (κ2) is 5.24. The molecule has 0 atom stereocenters. The van der Waals surface area contributed by atoms with Crippen LogP contribution in [0.5, 0.6) is 0 Å². The van der Waals surface area contributed by atoms with Gasteiger partial charge in [-0.2, -0.15) is 0 Å². The van der Waals surface area contributed by atoms with E-state index in [0.717, 1.165) is 26.2 Å². The van der Waals surface area contributed by atoms with Crippen molar-refractivity contribution in [3.05, 3.63) is 18.3 Å². The van der Waals surface area contributed by atoms with Crippen molar-refractivity contribution in [2.75, 3.05) is 31.1 Å². The van der Waals surface area contributed by atoms with Gasteiger partial charge in [0.1, 0.15) is 10.7 Å². The molecule has 0 amide bonds. The summed E-state index contributed by atoms with van der Waals surface area (Å²) in [5.74, 6) is 0.590. The third kappa shape index (κ3) is 2.49. The zero-order chi connectivity index (χ0) is 13.2. The van der Waals surface area contributed by atoms with E-state index < -0.39 is 15.1 Å². The average molecular weight is 269 g/mol. The fraction of sp³-hybridized carbons (Fsp3) is 0.583. The standard InChI is InChI=1S/C12H19N3O2S/c1-10(2)18(16,17)11-4-3-5-14-12(11)15-8-6-13-7-9-15/h3-5,10,13H,6-9H2,1-2H3. The van der Waals surface area contributed by atoms with E-state index in [9.17, 15) is 8.42 Å². The van der Waals surface area contributed by atoms with Crippen molar-refractivity contribution >= 4 is 15.7 Å². The molecule has 5 nitrogen and oxygen atoms in total. The Balaban J connectivity index is 2.42. The van der Waals surface area contributed by atoms with Crippen molar-refractivity contribution in [3.63, 3.8) is 0 Å². The minimum Gasteiger partial charge on any atom is -0.353 e. The Hall–Kier alpha value is -1.14. The lowest BCUT2D eigenvalue weighted by atomic mass is 10.3. The largest absolute Gasteiger partial charge is 0.353 e. The van der Waals surface area contributed by atoms with E-state index >= 15 is 0 Å². The molecule has 1 aliphatic rings. The highest BCUT2D eigenvalue weighted by Gasteiger charge is 2.26. The van der Waals surface area contributed by atoms with Crippen molar-refractivity contribution in [2.24, 2.45) is 0 Å². The molecule has 0 unspecified atom stereocenters. The van der Waals surface area contributed by atoms with E-state index in [-0.39, 0.29) is 0 Å². The molecule has 1 aliphatic heterocycles. The van der Waals surface area contributed by atoms with Gasteiger partial charge < -0.3 is 10.2 Å². The number of piperazine rings is 1. The van der Waals surface area contributed by atoms with Gasteiger partial charge in [-0.1, -0.05) is 0 Å². The fourth-order valence-electron chi connectivity index (χ4n) is 1.97. The zero-order valence-electron chi connectivity index (χ0n) is 10.8. The first-order valence-corrected chi connectivity index (χ1v) is 7.72. The normalized spacial score (nSPS) is 17.2. The Morgan fingerprint density at radius 1 is 1.33 bits per heavy atom. The Morgan fingerprint density at radius 3 is 2.61 bits per heavy atom. The first-order chi connectivity index (χ1) is 8.53. The Labute approximate surface area is 108 Å². The first kappa shape index (κ1) is 13.3. The molecule has 1 N–H and O–H groups in total. The van der Waals surface area contributed by atoms with Crippen LogP contribution < -0.4 is 10.2 Å². The van der Waals surface area contributed by atoms with Crippen LogP contribution in [0.15, 0.2) is 23.2 Å². The number of rotatable bonds is 3. The van der Waals surface area contributed by atoms with E-state index in [1.165, 1.54) is 0 Å². The maximum Gasteiger partial charge on any atom is 0.184 e. The van der Waals surface area contributed by atoms with Gasteiger partial charge in [-0.25, -0.2) is 13.4 Å². The van der Waals surface area contributed by atoms with Crippen LogP contribution >= 0.6 is 0 Å². The zero-order valence-corrected chi connectivity index (χ0v) is 11.6. The molecule has 1 fully saturated rings. The van der Waals surface area contributed by atoms with Gasteiger partial charge in [-0.15, -0.1) is 0 Å². The molecule has 1 aromatic heterocycles. The summed E-state index contributed by atoms with van der Waals surface area (Å²) in [7, 11) is -3.28. The van der Waals surface area contributed by atoms with E-state index in [4.69, 9.17) is 0 Å². The predicted octanol–water partition coefficient (Wildman–Crippen LogP) is 0.673. The maximum atomic E-state index is 12.3. The maximum absolute atomic E-state index is 12.3. The van der Waals surface area contributed by atoms with Gasteiger partial charge in [0.25, 0.3) is 0 Å². The lowest BCUT2D eigenvalue weighted by molar-refractivity contribution is 0.572. The summed E-state index contributed by atoms with van der Waals surface area (Å²) >= 11 is 0. The van der Waals surface area contributed by atoms with Crippen molar-refractivity contribution in [1.82, 2.24) is 10.3 Å². The van der Waals surface area contributed by atoms with Crippen LogP contribution in [0.3, 0.4) is 0 Å². The second-order valence-corrected chi connectivity index (χ2v) is 7.13. The SMILES string of the molecule is CC(C)S(=O)(=O)c1cccnc1N1CCNCC1. The van der Waals surface area contributed by atoms with Gasteiger partial charge in [0, 0.05) is 32.4 Å². The summed E-state index contributed by atoms with van der Waals surface area (Å²) in [4.78, 5) is 6.65. The van der Waals surface area contributed by atoms with E-state index in [2.05, 4.69) is 10.3 Å². The van der Waals surface area contributed by atoms with Crippen LogP contribution in [-0.2, 0) is 9.84 Å². The molecule has 100 valence electrons. The number of hydrogen-bond donors (Lipinski definition) is 1. The number of sulfone groups is 1. The van der Waals surface area contributed by atoms with Crippen LogP contribution in [0, 0.1) is 0 Å². The van der Waals surface area contributed by atoms with Crippen molar-refractivity contribution < 1.29 is 8.42 Å². The van der Waals surface area contributed by atoms with Crippen LogP contribution in [0.4, 0.5) is 5.82 Å². The molecule has 6 heteroatoms. The van der Waals surface area contributed by atoms with E-state index in [1.54, 1.807) is 32.2 Å². The van der Waals surface area contributed by atoms with Gasteiger partial charge in [0.2, 0.25) is 0 Å². The van der Waals surface area contributed by atoms with Gasteiger partial charge in [0.15, 0.2) is 9.84 Å². The Morgan fingerprint density at radius 2 is 2.00 bits per heavy atom. The summed E-state index contributed by atoms with van der Waals surface area (Å²) in [6.45, 7) is 6.69. The highest BCUT2D eigenvalue weighted by Crippen LogP contribution is 2.25. The topological polar surface area (TPSA) is 62.3 Å². The average Bonchev–Trinajstić information content (AvgIpc) is 2.39. The highest BCUT2D eigenvalue weighted by atomic mass is 32.2.